The SMILES string of the molecule is CC(C)C1NC(C2CCCC2)N(CC2CCOC2)C1=O. The van der Waals surface area contributed by atoms with E-state index in [2.05, 4.69) is 24.1 Å². The molecule has 1 aliphatic carbocycles. The van der Waals surface area contributed by atoms with Gasteiger partial charge in [0.1, 0.15) is 0 Å². The second-order valence-corrected chi connectivity index (χ2v) is 7.10. The number of hydrogen-bond acceptors (Lipinski definition) is 3. The van der Waals surface area contributed by atoms with Crippen molar-refractivity contribution in [3.05, 3.63) is 0 Å². The van der Waals surface area contributed by atoms with Crippen molar-refractivity contribution in [2.24, 2.45) is 17.8 Å². The molecule has 2 aliphatic heterocycles. The van der Waals surface area contributed by atoms with Gasteiger partial charge in [-0.3, -0.25) is 10.1 Å². The fourth-order valence-corrected chi connectivity index (χ4v) is 4.01. The van der Waals surface area contributed by atoms with Gasteiger partial charge in [0.15, 0.2) is 0 Å². The van der Waals surface area contributed by atoms with Crippen molar-refractivity contribution >= 4 is 5.91 Å². The van der Waals surface area contributed by atoms with Crippen LogP contribution in [0.15, 0.2) is 0 Å². The summed E-state index contributed by atoms with van der Waals surface area (Å²) in [5.41, 5.74) is 0. The number of rotatable bonds is 4. The van der Waals surface area contributed by atoms with Crippen LogP contribution in [-0.4, -0.2) is 42.8 Å². The highest BCUT2D eigenvalue weighted by Gasteiger charge is 2.44. The molecule has 0 aromatic rings. The number of carbonyl (C=O) groups is 1. The fraction of sp³-hybridized carbons (Fsp3) is 0.938. The Hall–Kier alpha value is -0.610. The van der Waals surface area contributed by atoms with Gasteiger partial charge in [0, 0.05) is 19.1 Å². The molecule has 1 saturated carbocycles. The first kappa shape index (κ1) is 14.3. The molecule has 114 valence electrons. The molecule has 0 aromatic carbocycles. The van der Waals surface area contributed by atoms with E-state index >= 15 is 0 Å². The lowest BCUT2D eigenvalue weighted by Gasteiger charge is -2.30. The van der Waals surface area contributed by atoms with Crippen LogP contribution >= 0.6 is 0 Å². The van der Waals surface area contributed by atoms with E-state index in [9.17, 15) is 4.79 Å². The van der Waals surface area contributed by atoms with Gasteiger partial charge in [0.2, 0.25) is 5.91 Å². The predicted octanol–water partition coefficient (Wildman–Crippen LogP) is 2.00. The van der Waals surface area contributed by atoms with Crippen LogP contribution < -0.4 is 5.32 Å². The Morgan fingerprint density at radius 3 is 2.65 bits per heavy atom. The molecule has 0 bridgehead atoms. The number of ether oxygens (including phenoxy) is 1. The minimum absolute atomic E-state index is 0.0166. The van der Waals surface area contributed by atoms with E-state index in [1.165, 1.54) is 25.7 Å². The molecule has 0 aromatic heterocycles. The molecule has 4 heteroatoms. The summed E-state index contributed by atoms with van der Waals surface area (Å²) in [6.45, 7) is 6.86. The third-order valence-electron chi connectivity index (χ3n) is 5.23. The first-order chi connectivity index (χ1) is 9.66. The van der Waals surface area contributed by atoms with Gasteiger partial charge in [0.25, 0.3) is 0 Å². The van der Waals surface area contributed by atoms with Crippen LogP contribution in [0.2, 0.25) is 0 Å². The van der Waals surface area contributed by atoms with Crippen LogP contribution in [-0.2, 0) is 9.53 Å². The molecule has 2 saturated heterocycles. The zero-order valence-corrected chi connectivity index (χ0v) is 12.8. The van der Waals surface area contributed by atoms with Crippen LogP contribution in [0.3, 0.4) is 0 Å². The van der Waals surface area contributed by atoms with Crippen LogP contribution in [0.1, 0.15) is 46.0 Å². The summed E-state index contributed by atoms with van der Waals surface area (Å²) in [6, 6.07) is 0.0166. The lowest BCUT2D eigenvalue weighted by atomic mass is 10.0. The van der Waals surface area contributed by atoms with Crippen LogP contribution in [0.25, 0.3) is 0 Å². The molecule has 0 spiro atoms. The number of hydrogen-bond donors (Lipinski definition) is 1. The van der Waals surface area contributed by atoms with E-state index in [1.807, 2.05) is 0 Å². The van der Waals surface area contributed by atoms with Gasteiger partial charge in [-0.25, -0.2) is 0 Å². The smallest absolute Gasteiger partial charge is 0.241 e. The van der Waals surface area contributed by atoms with E-state index in [0.29, 0.717) is 23.7 Å². The summed E-state index contributed by atoms with van der Waals surface area (Å²) in [4.78, 5) is 14.9. The molecule has 3 unspecified atom stereocenters. The van der Waals surface area contributed by atoms with Crippen LogP contribution in [0.4, 0.5) is 0 Å². The molecule has 1 amide bonds. The zero-order chi connectivity index (χ0) is 14.1. The van der Waals surface area contributed by atoms with E-state index in [0.717, 1.165) is 26.2 Å². The molecule has 20 heavy (non-hydrogen) atoms. The predicted molar refractivity (Wildman–Crippen MR) is 78.1 cm³/mol. The lowest BCUT2D eigenvalue weighted by Crippen LogP contribution is -2.44. The molecule has 2 heterocycles. The summed E-state index contributed by atoms with van der Waals surface area (Å²) in [5.74, 6) is 1.89. The summed E-state index contributed by atoms with van der Waals surface area (Å²) >= 11 is 0. The Labute approximate surface area is 122 Å². The molecule has 0 radical (unpaired) electrons. The molecule has 4 nitrogen and oxygen atoms in total. The van der Waals surface area contributed by atoms with Gasteiger partial charge in [0.05, 0.1) is 18.8 Å². The summed E-state index contributed by atoms with van der Waals surface area (Å²) in [6.07, 6.45) is 6.57. The monoisotopic (exact) mass is 280 g/mol. The van der Waals surface area contributed by atoms with Crippen molar-refractivity contribution in [2.75, 3.05) is 19.8 Å². The van der Waals surface area contributed by atoms with Gasteiger partial charge < -0.3 is 9.64 Å². The Morgan fingerprint density at radius 1 is 1.30 bits per heavy atom. The van der Waals surface area contributed by atoms with Gasteiger partial charge >= 0.3 is 0 Å². The third kappa shape index (κ3) is 2.73. The first-order valence-electron chi connectivity index (χ1n) is 8.31. The Kier molecular flexibility index (Phi) is 4.32. The van der Waals surface area contributed by atoms with Crippen molar-refractivity contribution < 1.29 is 9.53 Å². The normalized spacial score (nSPS) is 35.6. The maximum Gasteiger partial charge on any atom is 0.241 e. The topological polar surface area (TPSA) is 41.6 Å². The summed E-state index contributed by atoms with van der Waals surface area (Å²) in [5, 5.41) is 3.64. The Morgan fingerprint density at radius 2 is 2.05 bits per heavy atom. The summed E-state index contributed by atoms with van der Waals surface area (Å²) in [7, 11) is 0. The van der Waals surface area contributed by atoms with E-state index in [4.69, 9.17) is 4.74 Å². The van der Waals surface area contributed by atoms with Crippen molar-refractivity contribution in [1.82, 2.24) is 10.2 Å². The van der Waals surface area contributed by atoms with Crippen LogP contribution in [0, 0.1) is 17.8 Å². The third-order valence-corrected chi connectivity index (χ3v) is 5.23. The fourth-order valence-electron chi connectivity index (χ4n) is 4.01. The van der Waals surface area contributed by atoms with E-state index in [1.54, 1.807) is 0 Å². The Balaban J connectivity index is 1.72. The highest BCUT2D eigenvalue weighted by atomic mass is 16.5. The maximum absolute atomic E-state index is 12.7. The molecule has 1 N–H and O–H groups in total. The van der Waals surface area contributed by atoms with Crippen molar-refractivity contribution in [3.8, 4) is 0 Å². The number of nitrogens with zero attached hydrogens (tertiary/aromatic N) is 1. The Bertz CT molecular complexity index is 346. The van der Waals surface area contributed by atoms with Gasteiger partial charge in [-0.1, -0.05) is 26.7 Å². The zero-order valence-electron chi connectivity index (χ0n) is 12.8. The first-order valence-corrected chi connectivity index (χ1v) is 8.31. The summed E-state index contributed by atoms with van der Waals surface area (Å²) < 4.78 is 5.48. The maximum atomic E-state index is 12.7. The number of carbonyl (C=O) groups excluding carboxylic acids is 1. The average molecular weight is 280 g/mol. The highest BCUT2D eigenvalue weighted by molar-refractivity contribution is 5.84. The molecular weight excluding hydrogens is 252 g/mol. The molecule has 3 atom stereocenters. The quantitative estimate of drug-likeness (QED) is 0.856. The molecular formula is C16H28N2O2. The van der Waals surface area contributed by atoms with E-state index < -0.39 is 0 Å². The number of amides is 1. The molecule has 3 aliphatic rings. The standard InChI is InChI=1S/C16H28N2O2/c1-11(2)14-16(19)18(9-12-7-8-20-10-12)15(17-14)13-5-3-4-6-13/h11-15,17H,3-10H2,1-2H3. The van der Waals surface area contributed by atoms with Crippen LogP contribution in [0.5, 0.6) is 0 Å². The van der Waals surface area contributed by atoms with Crippen molar-refractivity contribution in [3.63, 3.8) is 0 Å². The largest absolute Gasteiger partial charge is 0.381 e. The second-order valence-electron chi connectivity index (χ2n) is 7.10. The number of nitrogens with one attached hydrogen (secondary N) is 1. The minimum atomic E-state index is 0.0166. The second kappa shape index (κ2) is 6.02. The molecule has 3 fully saturated rings. The molecule has 3 rings (SSSR count). The van der Waals surface area contributed by atoms with Gasteiger partial charge in [-0.15, -0.1) is 0 Å². The van der Waals surface area contributed by atoms with Crippen molar-refractivity contribution in [1.29, 1.82) is 0 Å². The van der Waals surface area contributed by atoms with Gasteiger partial charge in [-0.2, -0.15) is 0 Å². The average Bonchev–Trinajstić information content (AvgIpc) is 3.13. The van der Waals surface area contributed by atoms with E-state index in [-0.39, 0.29) is 12.2 Å². The van der Waals surface area contributed by atoms with Crippen molar-refractivity contribution in [2.45, 2.75) is 58.2 Å². The lowest BCUT2D eigenvalue weighted by molar-refractivity contribution is -0.132. The minimum Gasteiger partial charge on any atom is -0.381 e. The highest BCUT2D eigenvalue weighted by Crippen LogP contribution is 2.34. The van der Waals surface area contributed by atoms with Gasteiger partial charge in [-0.05, 0) is 31.1 Å².